The summed E-state index contributed by atoms with van der Waals surface area (Å²) in [7, 11) is 2.07. The summed E-state index contributed by atoms with van der Waals surface area (Å²) in [6.07, 6.45) is 4.44. The molecule has 1 aliphatic rings. The van der Waals surface area contributed by atoms with Gasteiger partial charge in [0.2, 0.25) is 0 Å². The smallest absolute Gasteiger partial charge is 0.0571 e. The Morgan fingerprint density at radius 3 is 2.60 bits per heavy atom. The number of hydrogen-bond donors (Lipinski definition) is 1. The standard InChI is InChI=1S/C17H23N3/c1-12-4-5-15(10-13(12)2)16-11-19-20(3)17(16)14-6-8-18-9-7-14/h4-5,10-11,14,18H,6-9H2,1-3H3. The van der Waals surface area contributed by atoms with Gasteiger partial charge in [0, 0.05) is 24.2 Å². The number of rotatable bonds is 2. The molecule has 1 aromatic carbocycles. The lowest BCUT2D eigenvalue weighted by atomic mass is 9.89. The van der Waals surface area contributed by atoms with E-state index in [0.717, 1.165) is 13.1 Å². The maximum Gasteiger partial charge on any atom is 0.0571 e. The molecule has 3 rings (SSSR count). The fourth-order valence-corrected chi connectivity index (χ4v) is 3.16. The number of aryl methyl sites for hydroxylation is 3. The van der Waals surface area contributed by atoms with Crippen LogP contribution < -0.4 is 5.32 Å². The first kappa shape index (κ1) is 13.4. The molecule has 0 bridgehead atoms. The van der Waals surface area contributed by atoms with Crippen LogP contribution in [-0.2, 0) is 7.05 Å². The van der Waals surface area contributed by atoms with Crippen molar-refractivity contribution in [1.29, 1.82) is 0 Å². The van der Waals surface area contributed by atoms with Gasteiger partial charge in [-0.15, -0.1) is 0 Å². The Bertz CT molecular complexity index is 607. The second kappa shape index (κ2) is 5.41. The number of benzene rings is 1. The molecule has 0 aliphatic carbocycles. The summed E-state index contributed by atoms with van der Waals surface area (Å²) in [5.41, 5.74) is 6.70. The minimum absolute atomic E-state index is 0.625. The summed E-state index contributed by atoms with van der Waals surface area (Å²) < 4.78 is 2.07. The van der Waals surface area contributed by atoms with Crippen LogP contribution in [0.1, 0.15) is 35.6 Å². The average molecular weight is 269 g/mol. The number of nitrogens with one attached hydrogen (secondary N) is 1. The van der Waals surface area contributed by atoms with Gasteiger partial charge in [-0.3, -0.25) is 4.68 Å². The Morgan fingerprint density at radius 2 is 1.90 bits per heavy atom. The molecule has 1 aliphatic heterocycles. The molecule has 106 valence electrons. The molecular weight excluding hydrogens is 246 g/mol. The summed E-state index contributed by atoms with van der Waals surface area (Å²) in [5.74, 6) is 0.625. The predicted octanol–water partition coefficient (Wildman–Crippen LogP) is 3.17. The molecule has 0 amide bonds. The van der Waals surface area contributed by atoms with E-state index in [1.165, 1.54) is 40.8 Å². The number of nitrogens with zero attached hydrogens (tertiary/aromatic N) is 2. The van der Waals surface area contributed by atoms with Crippen LogP contribution in [0.5, 0.6) is 0 Å². The van der Waals surface area contributed by atoms with Crippen molar-refractivity contribution in [3.63, 3.8) is 0 Å². The zero-order valence-corrected chi connectivity index (χ0v) is 12.6. The molecule has 0 unspecified atom stereocenters. The van der Waals surface area contributed by atoms with Crippen LogP contribution in [0.4, 0.5) is 0 Å². The molecule has 0 saturated carbocycles. The Morgan fingerprint density at radius 1 is 1.15 bits per heavy atom. The molecule has 3 heteroatoms. The lowest BCUT2D eigenvalue weighted by Gasteiger charge is -2.24. The highest BCUT2D eigenvalue weighted by Gasteiger charge is 2.22. The van der Waals surface area contributed by atoms with Gasteiger partial charge in [0.05, 0.1) is 6.20 Å². The zero-order chi connectivity index (χ0) is 14.1. The SMILES string of the molecule is Cc1ccc(-c2cnn(C)c2C2CCNCC2)cc1C. The van der Waals surface area contributed by atoms with Crippen molar-refractivity contribution in [2.45, 2.75) is 32.6 Å². The molecule has 0 atom stereocenters. The van der Waals surface area contributed by atoms with Crippen molar-refractivity contribution >= 4 is 0 Å². The van der Waals surface area contributed by atoms with Crippen molar-refractivity contribution in [1.82, 2.24) is 15.1 Å². The minimum atomic E-state index is 0.625. The van der Waals surface area contributed by atoms with Crippen LogP contribution in [-0.4, -0.2) is 22.9 Å². The first-order chi connectivity index (χ1) is 9.66. The molecular formula is C17H23N3. The summed E-state index contributed by atoms with van der Waals surface area (Å²) in [5, 5.41) is 7.96. The van der Waals surface area contributed by atoms with Crippen molar-refractivity contribution in [2.24, 2.45) is 7.05 Å². The van der Waals surface area contributed by atoms with Gasteiger partial charge < -0.3 is 5.32 Å². The summed E-state index contributed by atoms with van der Waals surface area (Å²) in [4.78, 5) is 0. The van der Waals surface area contributed by atoms with Gasteiger partial charge >= 0.3 is 0 Å². The fraction of sp³-hybridized carbons (Fsp3) is 0.471. The van der Waals surface area contributed by atoms with Gasteiger partial charge in [-0.2, -0.15) is 5.10 Å². The van der Waals surface area contributed by atoms with Crippen molar-refractivity contribution in [3.8, 4) is 11.1 Å². The number of hydrogen-bond acceptors (Lipinski definition) is 2. The third-order valence-electron chi connectivity index (χ3n) is 4.53. The normalized spacial score (nSPS) is 16.6. The minimum Gasteiger partial charge on any atom is -0.317 e. The Labute approximate surface area is 121 Å². The van der Waals surface area contributed by atoms with Gasteiger partial charge in [0.15, 0.2) is 0 Å². The molecule has 2 aromatic rings. The van der Waals surface area contributed by atoms with Crippen LogP contribution in [0.3, 0.4) is 0 Å². The molecule has 1 aromatic heterocycles. The molecule has 1 saturated heterocycles. The average Bonchev–Trinajstić information content (AvgIpc) is 2.85. The van der Waals surface area contributed by atoms with E-state index in [1.807, 2.05) is 6.20 Å². The second-order valence-corrected chi connectivity index (χ2v) is 5.89. The van der Waals surface area contributed by atoms with Gasteiger partial charge in [-0.1, -0.05) is 18.2 Å². The first-order valence-electron chi connectivity index (χ1n) is 7.47. The summed E-state index contributed by atoms with van der Waals surface area (Å²) >= 11 is 0. The first-order valence-corrected chi connectivity index (χ1v) is 7.47. The van der Waals surface area contributed by atoms with E-state index in [-0.39, 0.29) is 0 Å². The van der Waals surface area contributed by atoms with Crippen LogP contribution in [0.15, 0.2) is 24.4 Å². The molecule has 2 heterocycles. The van der Waals surface area contributed by atoms with Crippen LogP contribution in [0.25, 0.3) is 11.1 Å². The molecule has 1 N–H and O–H groups in total. The third kappa shape index (κ3) is 2.38. The molecule has 1 fully saturated rings. The van der Waals surface area contributed by atoms with E-state index in [4.69, 9.17) is 0 Å². The maximum atomic E-state index is 4.52. The highest BCUT2D eigenvalue weighted by atomic mass is 15.3. The third-order valence-corrected chi connectivity index (χ3v) is 4.53. The molecule has 3 nitrogen and oxygen atoms in total. The zero-order valence-electron chi connectivity index (χ0n) is 12.6. The highest BCUT2D eigenvalue weighted by molar-refractivity contribution is 5.67. The Hall–Kier alpha value is -1.61. The van der Waals surface area contributed by atoms with Crippen LogP contribution in [0.2, 0.25) is 0 Å². The lowest BCUT2D eigenvalue weighted by molar-refractivity contribution is 0.440. The van der Waals surface area contributed by atoms with Crippen LogP contribution in [0, 0.1) is 13.8 Å². The number of piperidine rings is 1. The van der Waals surface area contributed by atoms with E-state index in [1.54, 1.807) is 0 Å². The van der Waals surface area contributed by atoms with Gasteiger partial charge in [0.1, 0.15) is 0 Å². The van der Waals surface area contributed by atoms with E-state index in [9.17, 15) is 0 Å². The largest absolute Gasteiger partial charge is 0.317 e. The van der Waals surface area contributed by atoms with Crippen molar-refractivity contribution in [2.75, 3.05) is 13.1 Å². The summed E-state index contributed by atoms with van der Waals surface area (Å²) in [6.45, 7) is 6.57. The highest BCUT2D eigenvalue weighted by Crippen LogP contribution is 2.34. The molecule has 0 spiro atoms. The molecule has 20 heavy (non-hydrogen) atoms. The quantitative estimate of drug-likeness (QED) is 0.907. The van der Waals surface area contributed by atoms with Gasteiger partial charge in [-0.05, 0) is 56.5 Å². The van der Waals surface area contributed by atoms with E-state index >= 15 is 0 Å². The van der Waals surface area contributed by atoms with Crippen LogP contribution >= 0.6 is 0 Å². The van der Waals surface area contributed by atoms with E-state index in [0.29, 0.717) is 5.92 Å². The second-order valence-electron chi connectivity index (χ2n) is 5.89. The van der Waals surface area contributed by atoms with Crippen molar-refractivity contribution in [3.05, 3.63) is 41.2 Å². The van der Waals surface area contributed by atoms with Crippen molar-refractivity contribution < 1.29 is 0 Å². The van der Waals surface area contributed by atoms with Gasteiger partial charge in [-0.25, -0.2) is 0 Å². The number of aromatic nitrogens is 2. The predicted molar refractivity (Wildman–Crippen MR) is 83.0 cm³/mol. The summed E-state index contributed by atoms with van der Waals surface area (Å²) in [6, 6.07) is 6.73. The van der Waals surface area contributed by atoms with E-state index in [2.05, 4.69) is 54.2 Å². The monoisotopic (exact) mass is 269 g/mol. The van der Waals surface area contributed by atoms with E-state index < -0.39 is 0 Å². The molecule has 0 radical (unpaired) electrons. The van der Waals surface area contributed by atoms with Gasteiger partial charge in [0.25, 0.3) is 0 Å². The topological polar surface area (TPSA) is 29.9 Å². The maximum absolute atomic E-state index is 4.52. The Balaban J connectivity index is 2.03. The lowest BCUT2D eigenvalue weighted by Crippen LogP contribution is -2.27. The Kier molecular flexibility index (Phi) is 3.62. The fourth-order valence-electron chi connectivity index (χ4n) is 3.16.